The second kappa shape index (κ2) is 7.09. The van der Waals surface area contributed by atoms with Gasteiger partial charge >= 0.3 is 15.6 Å². The lowest BCUT2D eigenvalue weighted by Crippen LogP contribution is -2.21. The van der Waals surface area contributed by atoms with Gasteiger partial charge in [-0.05, 0) is 12.5 Å². The van der Waals surface area contributed by atoms with Gasteiger partial charge in [-0.3, -0.25) is 4.55 Å². The van der Waals surface area contributed by atoms with E-state index < -0.39 is 15.6 Å². The maximum Gasteiger partial charge on any atom is 0.522 e. The molecule has 0 aromatic heterocycles. The predicted molar refractivity (Wildman–Crippen MR) is 57.4 cm³/mol. The Balaban J connectivity index is 0. The first-order valence-corrected chi connectivity index (χ1v) is 7.37. The zero-order chi connectivity index (χ0) is 12.0. The van der Waals surface area contributed by atoms with Crippen molar-refractivity contribution in [3.63, 3.8) is 0 Å². The Morgan fingerprint density at radius 2 is 1.50 bits per heavy atom. The average Bonchev–Trinajstić information content (AvgIpc) is 2.00. The van der Waals surface area contributed by atoms with Crippen LogP contribution in [0.25, 0.3) is 0 Å². The van der Waals surface area contributed by atoms with Crippen LogP contribution in [0.2, 0.25) is 0 Å². The summed E-state index contributed by atoms with van der Waals surface area (Å²) in [5, 5.41) is 0. The summed E-state index contributed by atoms with van der Waals surface area (Å²) in [5.41, 5.74) is -5.53. The summed E-state index contributed by atoms with van der Waals surface area (Å²) in [6.07, 6.45) is 4.10. The third-order valence-electron chi connectivity index (χ3n) is 0.696. The van der Waals surface area contributed by atoms with E-state index in [1.54, 1.807) is 23.5 Å². The molecule has 88 valence electrons. The molecular formula is C4H9F3O3S4. The van der Waals surface area contributed by atoms with E-state index in [9.17, 15) is 13.2 Å². The van der Waals surface area contributed by atoms with Crippen LogP contribution in [0.15, 0.2) is 0 Å². The standard InChI is InChI=1S/C3H8S3.CHF3O3S/c1-5-3(4)6-2;2-1(3,4)8(5,6)7/h3-4H,1-2H3;(H,5,6,7). The third kappa shape index (κ3) is 9.31. The molecule has 0 bridgehead atoms. The van der Waals surface area contributed by atoms with Gasteiger partial charge in [-0.25, -0.2) is 0 Å². The number of rotatable bonds is 2. The molecule has 0 aromatic rings. The maximum atomic E-state index is 10.7. The number of hydrogen-bond acceptors (Lipinski definition) is 5. The summed E-state index contributed by atoms with van der Waals surface area (Å²) in [4.78, 5) is 0. The van der Waals surface area contributed by atoms with Crippen LogP contribution in [0.1, 0.15) is 0 Å². The molecule has 10 heteroatoms. The van der Waals surface area contributed by atoms with Gasteiger partial charge in [-0.2, -0.15) is 34.2 Å². The van der Waals surface area contributed by atoms with Crippen molar-refractivity contribution in [1.29, 1.82) is 0 Å². The zero-order valence-corrected chi connectivity index (χ0v) is 10.5. The predicted octanol–water partition coefficient (Wildman–Crippen LogP) is 2.32. The normalized spacial score (nSPS) is 12.3. The van der Waals surface area contributed by atoms with E-state index in [0.717, 1.165) is 0 Å². The fourth-order valence-corrected chi connectivity index (χ4v) is 0.866. The first-order chi connectivity index (χ1) is 6.06. The fraction of sp³-hybridized carbons (Fsp3) is 1.00. The molecule has 1 N–H and O–H groups in total. The van der Waals surface area contributed by atoms with Gasteiger partial charge in [0.05, 0.1) is 3.91 Å². The molecule has 0 aliphatic rings. The van der Waals surface area contributed by atoms with Crippen LogP contribution in [-0.4, -0.2) is 34.9 Å². The summed E-state index contributed by atoms with van der Waals surface area (Å²) in [6.45, 7) is 0. The molecule has 0 unspecified atom stereocenters. The summed E-state index contributed by atoms with van der Waals surface area (Å²) < 4.78 is 58.0. The first kappa shape index (κ1) is 17.2. The van der Waals surface area contributed by atoms with Crippen LogP contribution in [0.4, 0.5) is 13.2 Å². The second-order valence-electron chi connectivity index (χ2n) is 1.70. The topological polar surface area (TPSA) is 54.4 Å². The van der Waals surface area contributed by atoms with E-state index in [1.165, 1.54) is 0 Å². The number of thiol groups is 1. The highest BCUT2D eigenvalue weighted by Crippen LogP contribution is 2.21. The summed E-state index contributed by atoms with van der Waals surface area (Å²) in [5.74, 6) is 0. The van der Waals surface area contributed by atoms with Gasteiger partial charge in [0.25, 0.3) is 0 Å². The molecule has 0 amide bonds. The minimum atomic E-state index is -5.84. The third-order valence-corrected chi connectivity index (χ3v) is 4.51. The molecule has 3 nitrogen and oxygen atoms in total. The molecule has 0 fully saturated rings. The lowest BCUT2D eigenvalue weighted by atomic mass is 11.6. The largest absolute Gasteiger partial charge is 0.522 e. The van der Waals surface area contributed by atoms with Crippen molar-refractivity contribution in [3.8, 4) is 0 Å². The minimum absolute atomic E-state index is 0.463. The van der Waals surface area contributed by atoms with Crippen molar-refractivity contribution in [3.05, 3.63) is 0 Å². The minimum Gasteiger partial charge on any atom is -0.279 e. The van der Waals surface area contributed by atoms with Gasteiger partial charge in [-0.15, -0.1) is 23.5 Å². The van der Waals surface area contributed by atoms with Gasteiger partial charge in [0.15, 0.2) is 0 Å². The molecule has 0 rings (SSSR count). The van der Waals surface area contributed by atoms with E-state index in [2.05, 4.69) is 12.6 Å². The number of halogens is 3. The monoisotopic (exact) mass is 290 g/mol. The van der Waals surface area contributed by atoms with Crippen molar-refractivity contribution < 1.29 is 26.1 Å². The number of alkyl halides is 3. The quantitative estimate of drug-likeness (QED) is 0.354. The van der Waals surface area contributed by atoms with E-state index in [-0.39, 0.29) is 0 Å². The SMILES string of the molecule is CSC(S)SC.O=S(=O)(O)C(F)(F)F. The molecule has 0 atom stereocenters. The van der Waals surface area contributed by atoms with Gasteiger partial charge in [0.1, 0.15) is 0 Å². The summed E-state index contributed by atoms with van der Waals surface area (Å²) in [7, 11) is -5.84. The van der Waals surface area contributed by atoms with Crippen LogP contribution in [0, 0.1) is 0 Å². The van der Waals surface area contributed by atoms with E-state index >= 15 is 0 Å². The Kier molecular flexibility index (Phi) is 8.69. The summed E-state index contributed by atoms with van der Waals surface area (Å²) in [6, 6.07) is 0. The lowest BCUT2D eigenvalue weighted by Gasteiger charge is -1.97. The molecule has 0 heterocycles. The van der Waals surface area contributed by atoms with Crippen LogP contribution in [-0.2, 0) is 10.1 Å². The molecule has 0 aliphatic heterocycles. The Morgan fingerprint density at radius 3 is 1.50 bits per heavy atom. The molecule has 0 aliphatic carbocycles. The van der Waals surface area contributed by atoms with Crippen molar-refractivity contribution in [2.24, 2.45) is 0 Å². The van der Waals surface area contributed by atoms with Crippen LogP contribution in [0.5, 0.6) is 0 Å². The molecule has 0 spiro atoms. The highest BCUT2D eigenvalue weighted by atomic mass is 32.3. The Morgan fingerprint density at radius 1 is 1.29 bits per heavy atom. The van der Waals surface area contributed by atoms with Crippen LogP contribution >= 0.6 is 36.2 Å². The van der Waals surface area contributed by atoms with Crippen molar-refractivity contribution in [1.82, 2.24) is 0 Å². The van der Waals surface area contributed by atoms with Crippen molar-refractivity contribution >= 4 is 46.3 Å². The van der Waals surface area contributed by atoms with Gasteiger partial charge in [0.2, 0.25) is 0 Å². The van der Waals surface area contributed by atoms with E-state index in [4.69, 9.17) is 13.0 Å². The number of thioether (sulfide) groups is 2. The smallest absolute Gasteiger partial charge is 0.279 e. The van der Waals surface area contributed by atoms with Crippen LogP contribution in [0.3, 0.4) is 0 Å². The van der Waals surface area contributed by atoms with E-state index in [0.29, 0.717) is 3.91 Å². The van der Waals surface area contributed by atoms with Gasteiger partial charge in [-0.1, -0.05) is 0 Å². The maximum absolute atomic E-state index is 10.7. The van der Waals surface area contributed by atoms with E-state index in [1.807, 2.05) is 12.5 Å². The average molecular weight is 290 g/mol. The molecular weight excluding hydrogens is 281 g/mol. The first-order valence-electron chi connectivity index (χ1n) is 2.83. The molecule has 0 radical (unpaired) electrons. The highest BCUT2D eigenvalue weighted by molar-refractivity contribution is 8.27. The Hall–Kier alpha value is 0.750. The Bertz CT molecular complexity index is 233. The molecule has 0 saturated carbocycles. The Labute approximate surface area is 94.4 Å². The van der Waals surface area contributed by atoms with Crippen molar-refractivity contribution in [2.45, 2.75) is 9.42 Å². The molecule has 0 saturated heterocycles. The zero-order valence-electron chi connectivity index (χ0n) is 7.15. The highest BCUT2D eigenvalue weighted by Gasteiger charge is 2.44. The number of hydrogen-bond donors (Lipinski definition) is 2. The molecule has 14 heavy (non-hydrogen) atoms. The van der Waals surface area contributed by atoms with Crippen LogP contribution < -0.4 is 0 Å². The fourth-order valence-electron chi connectivity index (χ4n) is 0.0962. The summed E-state index contributed by atoms with van der Waals surface area (Å²) >= 11 is 7.66. The molecule has 0 aromatic carbocycles. The lowest BCUT2D eigenvalue weighted by molar-refractivity contribution is -0.0510. The van der Waals surface area contributed by atoms with Gasteiger partial charge in [0, 0.05) is 0 Å². The van der Waals surface area contributed by atoms with Gasteiger partial charge < -0.3 is 0 Å². The second-order valence-corrected chi connectivity index (χ2v) is 6.51. The van der Waals surface area contributed by atoms with Crippen molar-refractivity contribution in [2.75, 3.05) is 12.5 Å².